The van der Waals surface area contributed by atoms with Gasteiger partial charge in [-0.05, 0) is 35.4 Å². The Morgan fingerprint density at radius 3 is 2.26 bits per heavy atom. The molecule has 0 heterocycles. The van der Waals surface area contributed by atoms with Crippen molar-refractivity contribution in [3.63, 3.8) is 0 Å². The second-order valence-electron chi connectivity index (χ2n) is 3.98. The highest BCUT2D eigenvalue weighted by Crippen LogP contribution is 2.24. The lowest BCUT2D eigenvalue weighted by Gasteiger charge is -2.14. The summed E-state index contributed by atoms with van der Waals surface area (Å²) in [5.41, 5.74) is 7.31. The van der Waals surface area contributed by atoms with Gasteiger partial charge in [0.1, 0.15) is 11.6 Å². The van der Waals surface area contributed by atoms with E-state index in [-0.39, 0.29) is 11.6 Å². The summed E-state index contributed by atoms with van der Waals surface area (Å²) in [7, 11) is 0. The fraction of sp³-hybridized carbons (Fsp3) is 0.143. The van der Waals surface area contributed by atoms with Crippen molar-refractivity contribution in [3.8, 4) is 5.75 Å². The van der Waals surface area contributed by atoms with Gasteiger partial charge in [-0.25, -0.2) is 4.39 Å². The number of benzene rings is 2. The van der Waals surface area contributed by atoms with Crippen LogP contribution in [0.25, 0.3) is 0 Å². The molecule has 0 spiro atoms. The van der Waals surface area contributed by atoms with E-state index < -0.39 is 12.7 Å². The van der Waals surface area contributed by atoms with Crippen molar-refractivity contribution in [2.75, 3.05) is 0 Å². The van der Waals surface area contributed by atoms with Gasteiger partial charge in [-0.1, -0.05) is 24.3 Å². The summed E-state index contributed by atoms with van der Waals surface area (Å²) in [4.78, 5) is 0. The van der Waals surface area contributed by atoms with Crippen LogP contribution in [0.15, 0.2) is 48.5 Å². The number of nitrogens with two attached hydrogens (primary N) is 1. The molecular weight excluding hydrogens is 255 g/mol. The first-order valence-electron chi connectivity index (χ1n) is 5.62. The van der Waals surface area contributed by atoms with E-state index in [4.69, 9.17) is 5.73 Å². The van der Waals surface area contributed by atoms with Crippen LogP contribution in [-0.2, 0) is 0 Å². The molecule has 0 saturated heterocycles. The Morgan fingerprint density at radius 2 is 1.63 bits per heavy atom. The van der Waals surface area contributed by atoms with E-state index in [1.807, 2.05) is 0 Å². The van der Waals surface area contributed by atoms with Crippen LogP contribution in [0.5, 0.6) is 5.75 Å². The van der Waals surface area contributed by atoms with Crippen molar-refractivity contribution in [3.05, 3.63) is 65.5 Å². The largest absolute Gasteiger partial charge is 0.435 e. The Kier molecular flexibility index (Phi) is 4.06. The first kappa shape index (κ1) is 13.4. The zero-order valence-corrected chi connectivity index (χ0v) is 9.89. The Hall–Kier alpha value is -2.01. The van der Waals surface area contributed by atoms with Crippen LogP contribution < -0.4 is 10.5 Å². The highest BCUT2D eigenvalue weighted by Gasteiger charge is 2.11. The van der Waals surface area contributed by atoms with Gasteiger partial charge >= 0.3 is 6.61 Å². The second kappa shape index (κ2) is 5.75. The maximum atomic E-state index is 12.8. The van der Waals surface area contributed by atoms with Gasteiger partial charge in [-0.2, -0.15) is 8.78 Å². The topological polar surface area (TPSA) is 35.2 Å². The van der Waals surface area contributed by atoms with E-state index in [2.05, 4.69) is 4.74 Å². The maximum absolute atomic E-state index is 12.8. The monoisotopic (exact) mass is 267 g/mol. The van der Waals surface area contributed by atoms with Crippen LogP contribution in [0.4, 0.5) is 13.2 Å². The van der Waals surface area contributed by atoms with Crippen LogP contribution in [0.1, 0.15) is 17.2 Å². The average Bonchev–Trinajstić information content (AvgIpc) is 2.38. The molecule has 2 aromatic rings. The predicted octanol–water partition coefficient (Wildman–Crippen LogP) is 3.48. The Morgan fingerprint density at radius 1 is 0.947 bits per heavy atom. The fourth-order valence-electron chi connectivity index (χ4n) is 1.75. The second-order valence-corrected chi connectivity index (χ2v) is 3.98. The molecule has 19 heavy (non-hydrogen) atoms. The molecule has 0 radical (unpaired) electrons. The van der Waals surface area contributed by atoms with E-state index in [1.54, 1.807) is 24.3 Å². The molecule has 0 saturated carbocycles. The Labute approximate surface area is 108 Å². The van der Waals surface area contributed by atoms with Gasteiger partial charge in [0.05, 0.1) is 6.04 Å². The summed E-state index contributed by atoms with van der Waals surface area (Å²) < 4.78 is 41.4. The smallest absolute Gasteiger partial charge is 0.387 e. The quantitative estimate of drug-likeness (QED) is 0.920. The molecule has 0 aliphatic rings. The summed E-state index contributed by atoms with van der Waals surface area (Å²) in [6.07, 6.45) is 0. The first-order chi connectivity index (χ1) is 9.06. The average molecular weight is 267 g/mol. The third kappa shape index (κ3) is 3.48. The van der Waals surface area contributed by atoms with Crippen molar-refractivity contribution in [1.29, 1.82) is 0 Å². The standard InChI is InChI=1S/C14H12F3NO/c15-11-6-4-9(5-7-11)13(18)10-2-1-3-12(8-10)19-14(16)17/h1-8,13-14H,18H2. The van der Waals surface area contributed by atoms with Crippen molar-refractivity contribution in [2.45, 2.75) is 12.7 Å². The molecule has 1 unspecified atom stereocenters. The van der Waals surface area contributed by atoms with Crippen molar-refractivity contribution in [1.82, 2.24) is 0 Å². The summed E-state index contributed by atoms with van der Waals surface area (Å²) in [6, 6.07) is 11.3. The molecule has 2 rings (SSSR count). The minimum absolute atomic E-state index is 0.0464. The van der Waals surface area contributed by atoms with E-state index in [0.717, 1.165) is 0 Å². The normalized spacial score (nSPS) is 12.5. The number of rotatable bonds is 4. The van der Waals surface area contributed by atoms with Gasteiger partial charge < -0.3 is 10.5 Å². The zero-order valence-electron chi connectivity index (χ0n) is 9.89. The van der Waals surface area contributed by atoms with Gasteiger partial charge in [-0.3, -0.25) is 0 Å². The minimum Gasteiger partial charge on any atom is -0.435 e. The predicted molar refractivity (Wildman–Crippen MR) is 65.5 cm³/mol. The highest BCUT2D eigenvalue weighted by molar-refractivity contribution is 5.36. The molecule has 0 aromatic heterocycles. The fourth-order valence-corrected chi connectivity index (χ4v) is 1.75. The van der Waals surface area contributed by atoms with E-state index >= 15 is 0 Å². The van der Waals surface area contributed by atoms with Gasteiger partial charge in [0.25, 0.3) is 0 Å². The molecular formula is C14H12F3NO. The Balaban J connectivity index is 2.23. The van der Waals surface area contributed by atoms with Crippen molar-refractivity contribution >= 4 is 0 Å². The van der Waals surface area contributed by atoms with Gasteiger partial charge in [0.2, 0.25) is 0 Å². The van der Waals surface area contributed by atoms with Crippen LogP contribution in [0, 0.1) is 5.82 Å². The number of hydrogen-bond donors (Lipinski definition) is 1. The third-order valence-corrected chi connectivity index (χ3v) is 2.67. The molecule has 0 aliphatic heterocycles. The summed E-state index contributed by atoms with van der Waals surface area (Å²) in [5, 5.41) is 0. The van der Waals surface area contributed by atoms with Gasteiger partial charge in [-0.15, -0.1) is 0 Å². The van der Waals surface area contributed by atoms with Crippen LogP contribution in [0.3, 0.4) is 0 Å². The first-order valence-corrected chi connectivity index (χ1v) is 5.62. The van der Waals surface area contributed by atoms with Crippen molar-refractivity contribution in [2.24, 2.45) is 5.73 Å². The summed E-state index contributed by atoms with van der Waals surface area (Å²) in [6.45, 7) is -2.88. The van der Waals surface area contributed by atoms with E-state index in [9.17, 15) is 13.2 Å². The SMILES string of the molecule is NC(c1ccc(F)cc1)c1cccc(OC(F)F)c1. The lowest BCUT2D eigenvalue weighted by Crippen LogP contribution is -2.12. The molecule has 0 amide bonds. The van der Waals surface area contributed by atoms with Gasteiger partial charge in [0, 0.05) is 0 Å². The molecule has 0 bridgehead atoms. The lowest BCUT2D eigenvalue weighted by atomic mass is 9.99. The highest BCUT2D eigenvalue weighted by atomic mass is 19.3. The number of ether oxygens (including phenoxy) is 1. The van der Waals surface area contributed by atoms with Gasteiger partial charge in [0.15, 0.2) is 0 Å². The molecule has 2 aromatic carbocycles. The maximum Gasteiger partial charge on any atom is 0.387 e. The van der Waals surface area contributed by atoms with Crippen molar-refractivity contribution < 1.29 is 17.9 Å². The molecule has 100 valence electrons. The molecule has 0 aliphatic carbocycles. The summed E-state index contributed by atoms with van der Waals surface area (Å²) in [5.74, 6) is -0.309. The Bertz CT molecular complexity index is 543. The zero-order chi connectivity index (χ0) is 13.8. The van der Waals surface area contributed by atoms with Crippen LogP contribution in [0.2, 0.25) is 0 Å². The lowest BCUT2D eigenvalue weighted by molar-refractivity contribution is -0.0498. The minimum atomic E-state index is -2.88. The van der Waals surface area contributed by atoms with E-state index in [0.29, 0.717) is 11.1 Å². The van der Waals surface area contributed by atoms with Crippen LogP contribution >= 0.6 is 0 Å². The molecule has 2 N–H and O–H groups in total. The molecule has 0 fully saturated rings. The van der Waals surface area contributed by atoms with E-state index in [1.165, 1.54) is 24.3 Å². The number of halogens is 3. The third-order valence-electron chi connectivity index (χ3n) is 2.67. The number of hydrogen-bond acceptors (Lipinski definition) is 2. The summed E-state index contributed by atoms with van der Waals surface area (Å²) >= 11 is 0. The number of alkyl halides is 2. The molecule has 2 nitrogen and oxygen atoms in total. The molecule has 1 atom stereocenters. The molecule has 5 heteroatoms. The van der Waals surface area contributed by atoms with Crippen LogP contribution in [-0.4, -0.2) is 6.61 Å².